The Balaban J connectivity index is 1.32. The molecule has 11 heteroatoms. The maximum Gasteiger partial charge on any atom is 0.250 e. The summed E-state index contributed by atoms with van der Waals surface area (Å²) in [6.07, 6.45) is 9.73. The van der Waals surface area contributed by atoms with Gasteiger partial charge in [0.2, 0.25) is 11.8 Å². The zero-order valence-electron chi connectivity index (χ0n) is 23.5. The third-order valence-electron chi connectivity index (χ3n) is 8.01. The number of halogens is 1. The van der Waals surface area contributed by atoms with E-state index in [1.807, 2.05) is 37.9 Å². The number of aromatic nitrogens is 5. The van der Waals surface area contributed by atoms with Crippen LogP contribution < -0.4 is 5.32 Å². The van der Waals surface area contributed by atoms with Gasteiger partial charge in [-0.05, 0) is 67.7 Å². The molecule has 1 fully saturated rings. The lowest BCUT2D eigenvalue weighted by atomic mass is 9.91. The maximum atomic E-state index is 13.9. The van der Waals surface area contributed by atoms with Crippen LogP contribution in [0.1, 0.15) is 55.1 Å². The molecule has 42 heavy (non-hydrogen) atoms. The highest BCUT2D eigenvalue weighted by molar-refractivity contribution is 7.99. The number of thioether (sulfide) groups is 1. The molecule has 2 aliphatic rings. The van der Waals surface area contributed by atoms with E-state index in [9.17, 15) is 4.39 Å². The molecule has 0 saturated carbocycles. The predicted molar refractivity (Wildman–Crippen MR) is 163 cm³/mol. The first-order valence-corrected chi connectivity index (χ1v) is 16.2. The summed E-state index contributed by atoms with van der Waals surface area (Å²) in [4.78, 5) is 16.2. The van der Waals surface area contributed by atoms with Crippen molar-refractivity contribution in [3.05, 3.63) is 65.4 Å². The Kier molecular flexibility index (Phi) is 7.64. The van der Waals surface area contributed by atoms with Crippen molar-refractivity contribution in [2.75, 3.05) is 24.3 Å². The highest BCUT2D eigenvalue weighted by atomic mass is 32.2. The van der Waals surface area contributed by atoms with Gasteiger partial charge in [0, 0.05) is 60.0 Å². The first kappa shape index (κ1) is 27.4. The van der Waals surface area contributed by atoms with Crippen LogP contribution in [-0.4, -0.2) is 44.1 Å². The van der Waals surface area contributed by atoms with Gasteiger partial charge in [0.05, 0.1) is 33.9 Å². The number of nitrogens with zero attached hydrogens (tertiary/aromatic N) is 5. The molecule has 1 saturated heterocycles. The number of pyridine rings is 3. The van der Waals surface area contributed by atoms with Crippen LogP contribution in [0.15, 0.2) is 46.1 Å². The molecule has 216 valence electrons. The fourth-order valence-corrected chi connectivity index (χ4v) is 8.21. The van der Waals surface area contributed by atoms with Gasteiger partial charge in [-0.25, -0.2) is 9.37 Å². The van der Waals surface area contributed by atoms with Crippen LogP contribution >= 0.6 is 23.1 Å². The van der Waals surface area contributed by atoms with Crippen molar-refractivity contribution in [1.29, 1.82) is 0 Å². The van der Waals surface area contributed by atoms with E-state index in [0.29, 0.717) is 17.7 Å². The number of rotatable bonds is 8. The minimum atomic E-state index is -0.355. The van der Waals surface area contributed by atoms with Crippen molar-refractivity contribution in [2.45, 2.75) is 56.9 Å². The average Bonchev–Trinajstić information content (AvgIpc) is 3.75. The highest BCUT2D eigenvalue weighted by Gasteiger charge is 2.30. The summed E-state index contributed by atoms with van der Waals surface area (Å²) in [6.45, 7) is 5.48. The summed E-state index contributed by atoms with van der Waals surface area (Å²) in [5.41, 5.74) is 5.02. The molecule has 2 aliphatic heterocycles. The lowest BCUT2D eigenvalue weighted by Gasteiger charge is -2.22. The number of anilines is 1. The summed E-state index contributed by atoms with van der Waals surface area (Å²) in [5.74, 6) is 3.09. The molecule has 5 aromatic heterocycles. The lowest BCUT2D eigenvalue weighted by molar-refractivity contribution is 0.0639. The Labute approximate surface area is 251 Å². The average molecular weight is 603 g/mol. The van der Waals surface area contributed by atoms with E-state index in [1.165, 1.54) is 17.2 Å². The van der Waals surface area contributed by atoms with E-state index in [-0.39, 0.29) is 11.9 Å². The number of nitrogens with one attached hydrogen (secondary N) is 1. The molecule has 8 nitrogen and oxygen atoms in total. The van der Waals surface area contributed by atoms with Gasteiger partial charge in [-0.2, -0.15) is 0 Å². The Bertz CT molecular complexity index is 1750. The van der Waals surface area contributed by atoms with Gasteiger partial charge in [0.15, 0.2) is 0 Å². The molecule has 0 spiro atoms. The molecule has 1 atom stereocenters. The molecule has 7 rings (SSSR count). The SMILES string of the molecule is Cc1nnc(-c2c(CCC3CCOCC3)nc3c(c2-c2cc4ccnc(NC(C)c5cncc(F)c5)c4s2)SCC3)o1. The summed E-state index contributed by atoms with van der Waals surface area (Å²) in [6, 6.07) is 5.59. The third kappa shape index (κ3) is 5.41. The Morgan fingerprint density at radius 3 is 2.83 bits per heavy atom. The predicted octanol–water partition coefficient (Wildman–Crippen LogP) is 7.43. The van der Waals surface area contributed by atoms with Crippen LogP contribution in [0.5, 0.6) is 0 Å². The molecule has 0 bridgehead atoms. The topological polar surface area (TPSA) is 98.9 Å². The Morgan fingerprint density at radius 1 is 1.14 bits per heavy atom. The second-order valence-electron chi connectivity index (χ2n) is 10.9. The van der Waals surface area contributed by atoms with E-state index in [4.69, 9.17) is 14.1 Å². The zero-order valence-corrected chi connectivity index (χ0v) is 25.2. The van der Waals surface area contributed by atoms with E-state index in [1.54, 1.807) is 17.5 Å². The minimum absolute atomic E-state index is 0.175. The smallest absolute Gasteiger partial charge is 0.250 e. The monoisotopic (exact) mass is 602 g/mol. The largest absolute Gasteiger partial charge is 0.421 e. The zero-order chi connectivity index (χ0) is 28.6. The quantitative estimate of drug-likeness (QED) is 0.194. The molecule has 0 radical (unpaired) electrons. The highest BCUT2D eigenvalue weighted by Crippen LogP contribution is 2.49. The van der Waals surface area contributed by atoms with E-state index >= 15 is 0 Å². The molecule has 5 aromatic rings. The van der Waals surface area contributed by atoms with Crippen molar-refractivity contribution in [2.24, 2.45) is 5.92 Å². The molecular weight excluding hydrogens is 572 g/mol. The van der Waals surface area contributed by atoms with Crippen LogP contribution in [0.25, 0.3) is 32.0 Å². The second-order valence-corrected chi connectivity index (χ2v) is 13.1. The van der Waals surface area contributed by atoms with E-state index in [0.717, 1.165) is 99.9 Å². The molecule has 7 heterocycles. The van der Waals surface area contributed by atoms with Gasteiger partial charge in [-0.15, -0.1) is 33.3 Å². The van der Waals surface area contributed by atoms with Gasteiger partial charge in [0.25, 0.3) is 0 Å². The second kappa shape index (κ2) is 11.7. The number of aryl methyl sites for hydroxylation is 3. The molecule has 0 amide bonds. The minimum Gasteiger partial charge on any atom is -0.421 e. The van der Waals surface area contributed by atoms with E-state index < -0.39 is 0 Å². The van der Waals surface area contributed by atoms with Crippen molar-refractivity contribution >= 4 is 39.0 Å². The third-order valence-corrected chi connectivity index (χ3v) is 10.3. The van der Waals surface area contributed by atoms with E-state index in [2.05, 4.69) is 31.5 Å². The summed E-state index contributed by atoms with van der Waals surface area (Å²) < 4.78 is 26.6. The van der Waals surface area contributed by atoms with Crippen molar-refractivity contribution < 1.29 is 13.5 Å². The fourth-order valence-electron chi connectivity index (χ4n) is 5.81. The van der Waals surface area contributed by atoms with Crippen LogP contribution in [-0.2, 0) is 17.6 Å². The van der Waals surface area contributed by atoms with Crippen molar-refractivity contribution in [3.63, 3.8) is 0 Å². The maximum absolute atomic E-state index is 13.9. The first-order valence-electron chi connectivity index (χ1n) is 14.4. The number of hydrogen-bond acceptors (Lipinski definition) is 10. The molecule has 0 aliphatic carbocycles. The molecular formula is C31H31FN6O2S2. The molecule has 1 N–H and O–H groups in total. The van der Waals surface area contributed by atoms with Gasteiger partial charge in [-0.1, -0.05) is 0 Å². The van der Waals surface area contributed by atoms with Crippen molar-refractivity contribution in [3.8, 4) is 21.9 Å². The Hall–Kier alpha value is -3.41. The number of ether oxygens (including phenoxy) is 1. The summed E-state index contributed by atoms with van der Waals surface area (Å²) in [7, 11) is 0. The normalized spacial score (nSPS) is 16.2. The summed E-state index contributed by atoms with van der Waals surface area (Å²) in [5, 5.41) is 13.3. The number of hydrogen-bond donors (Lipinski definition) is 1. The van der Waals surface area contributed by atoms with Gasteiger partial charge >= 0.3 is 0 Å². The van der Waals surface area contributed by atoms with Crippen LogP contribution in [0.3, 0.4) is 0 Å². The van der Waals surface area contributed by atoms with Crippen LogP contribution in [0.4, 0.5) is 10.2 Å². The lowest BCUT2D eigenvalue weighted by Crippen LogP contribution is -2.16. The van der Waals surface area contributed by atoms with Gasteiger partial charge in [-0.3, -0.25) is 9.97 Å². The van der Waals surface area contributed by atoms with Crippen LogP contribution in [0, 0.1) is 18.7 Å². The van der Waals surface area contributed by atoms with Gasteiger partial charge < -0.3 is 14.5 Å². The fraction of sp³-hybridized carbons (Fsp3) is 0.387. The number of thiophene rings is 1. The molecule has 1 unspecified atom stereocenters. The summed E-state index contributed by atoms with van der Waals surface area (Å²) >= 11 is 3.54. The molecule has 0 aromatic carbocycles. The number of fused-ring (bicyclic) bond motifs is 2. The van der Waals surface area contributed by atoms with Gasteiger partial charge in [0.1, 0.15) is 11.6 Å². The first-order chi connectivity index (χ1) is 20.5. The van der Waals surface area contributed by atoms with Crippen LogP contribution in [0.2, 0.25) is 0 Å². The standard InChI is InChI=1S/C31H31FN6O2S2/c1-17(21-13-22(32)16-33-15-21)35-30-28-20(5-9-34-30)14-25(42-28)27-26(31-38-37-18(2)40-31)23(36-24-8-12-41-29(24)27)4-3-19-6-10-39-11-7-19/h5,9,13-17,19H,3-4,6-8,10-12H2,1-2H3,(H,34,35). The Morgan fingerprint density at radius 2 is 2.02 bits per heavy atom. The van der Waals surface area contributed by atoms with Crippen molar-refractivity contribution in [1.82, 2.24) is 25.1 Å².